The molecule has 0 saturated carbocycles. The van der Waals surface area contributed by atoms with Gasteiger partial charge in [-0.2, -0.15) is 5.11 Å². The predicted octanol–water partition coefficient (Wildman–Crippen LogP) is 3.05. The van der Waals surface area contributed by atoms with Gasteiger partial charge in [0, 0.05) is 0 Å². The van der Waals surface area contributed by atoms with E-state index in [2.05, 4.69) is 10.1 Å². The van der Waals surface area contributed by atoms with E-state index in [9.17, 15) is 0 Å². The van der Waals surface area contributed by atoms with Gasteiger partial charge in [-0.05, 0) is 6.07 Å². The Hall–Kier alpha value is -0.670. The van der Waals surface area contributed by atoms with E-state index in [4.69, 9.17) is 28.7 Å². The Morgan fingerprint density at radius 2 is 2.20 bits per heavy atom. The fraction of sp³-hybridized carbons (Fsp3) is 0. The normalized spacial score (nSPS) is 9.40. The molecule has 0 radical (unpaired) electrons. The second-order valence-corrected chi connectivity index (χ2v) is 2.34. The molecule has 3 nitrogen and oxygen atoms in total. The monoisotopic (exact) mass is 175 g/mol. The third-order valence-electron chi connectivity index (χ3n) is 0.911. The van der Waals surface area contributed by atoms with Gasteiger partial charge < -0.3 is 0 Å². The SMILES string of the molecule is N=Nc1cnc(Cl)c(Cl)c1. The second kappa shape index (κ2) is 2.94. The van der Waals surface area contributed by atoms with Crippen LogP contribution in [0.3, 0.4) is 0 Å². The summed E-state index contributed by atoms with van der Waals surface area (Å²) in [7, 11) is 0. The number of pyridine rings is 1. The smallest absolute Gasteiger partial charge is 0.147 e. The quantitative estimate of drug-likeness (QED) is 0.518. The van der Waals surface area contributed by atoms with Crippen LogP contribution in [0.2, 0.25) is 10.2 Å². The molecule has 0 amide bonds. The van der Waals surface area contributed by atoms with Gasteiger partial charge in [0.25, 0.3) is 0 Å². The van der Waals surface area contributed by atoms with Gasteiger partial charge in [-0.3, -0.25) is 0 Å². The number of nitrogens with zero attached hydrogens (tertiary/aromatic N) is 2. The molecule has 1 aromatic heterocycles. The van der Waals surface area contributed by atoms with Gasteiger partial charge in [-0.25, -0.2) is 10.5 Å². The minimum atomic E-state index is 0.231. The fourth-order valence-electron chi connectivity index (χ4n) is 0.472. The van der Waals surface area contributed by atoms with Gasteiger partial charge >= 0.3 is 0 Å². The van der Waals surface area contributed by atoms with Crippen molar-refractivity contribution >= 4 is 28.9 Å². The van der Waals surface area contributed by atoms with Crippen LogP contribution in [0.5, 0.6) is 0 Å². The van der Waals surface area contributed by atoms with E-state index in [0.29, 0.717) is 10.7 Å². The minimum Gasteiger partial charge on any atom is -0.241 e. The van der Waals surface area contributed by atoms with Crippen molar-refractivity contribution in [3.05, 3.63) is 22.4 Å². The van der Waals surface area contributed by atoms with Crippen LogP contribution in [-0.4, -0.2) is 4.98 Å². The average Bonchev–Trinajstić information content (AvgIpc) is 1.95. The Balaban J connectivity index is 3.16. The van der Waals surface area contributed by atoms with Crippen molar-refractivity contribution in [2.45, 2.75) is 0 Å². The summed E-state index contributed by atoms with van der Waals surface area (Å²) in [6.45, 7) is 0. The highest BCUT2D eigenvalue weighted by Gasteiger charge is 1.98. The molecular formula is C5H3Cl2N3. The largest absolute Gasteiger partial charge is 0.241 e. The summed E-state index contributed by atoms with van der Waals surface area (Å²) in [5, 5.41) is 3.66. The zero-order chi connectivity index (χ0) is 7.56. The molecule has 0 aliphatic heterocycles. The maximum atomic E-state index is 6.59. The zero-order valence-corrected chi connectivity index (χ0v) is 6.32. The van der Waals surface area contributed by atoms with Crippen LogP contribution in [0, 0.1) is 5.53 Å². The lowest BCUT2D eigenvalue weighted by Gasteiger charge is -1.92. The summed E-state index contributed by atoms with van der Waals surface area (Å²) in [5.74, 6) is 0. The molecular weight excluding hydrogens is 173 g/mol. The molecule has 5 heteroatoms. The molecule has 0 unspecified atom stereocenters. The Morgan fingerprint density at radius 1 is 1.50 bits per heavy atom. The van der Waals surface area contributed by atoms with Gasteiger partial charge in [0.05, 0.1) is 11.2 Å². The Kier molecular flexibility index (Phi) is 2.19. The minimum absolute atomic E-state index is 0.231. The van der Waals surface area contributed by atoms with E-state index in [1.165, 1.54) is 12.3 Å². The predicted molar refractivity (Wildman–Crippen MR) is 39.1 cm³/mol. The molecule has 0 bridgehead atoms. The van der Waals surface area contributed by atoms with E-state index >= 15 is 0 Å². The molecule has 1 heterocycles. The highest BCUT2D eigenvalue weighted by Crippen LogP contribution is 2.23. The number of hydrogen-bond acceptors (Lipinski definition) is 3. The first-order valence-electron chi connectivity index (χ1n) is 2.42. The maximum absolute atomic E-state index is 6.59. The van der Waals surface area contributed by atoms with E-state index in [1.54, 1.807) is 0 Å². The van der Waals surface area contributed by atoms with Crippen molar-refractivity contribution in [2.75, 3.05) is 0 Å². The summed E-state index contributed by atoms with van der Waals surface area (Å²) in [6.07, 6.45) is 1.38. The number of halogens is 2. The molecule has 52 valence electrons. The van der Waals surface area contributed by atoms with Crippen molar-refractivity contribution in [3.8, 4) is 0 Å². The molecule has 0 aromatic carbocycles. The molecule has 0 atom stereocenters. The number of rotatable bonds is 1. The van der Waals surface area contributed by atoms with E-state index in [-0.39, 0.29) is 5.15 Å². The van der Waals surface area contributed by atoms with Crippen LogP contribution in [0.4, 0.5) is 5.69 Å². The number of aromatic nitrogens is 1. The molecule has 0 aliphatic carbocycles. The molecule has 10 heavy (non-hydrogen) atoms. The van der Waals surface area contributed by atoms with E-state index < -0.39 is 0 Å². The van der Waals surface area contributed by atoms with Crippen molar-refractivity contribution < 1.29 is 0 Å². The summed E-state index contributed by atoms with van der Waals surface area (Å²) in [6, 6.07) is 1.48. The molecule has 0 fully saturated rings. The van der Waals surface area contributed by atoms with E-state index in [1.807, 2.05) is 0 Å². The van der Waals surface area contributed by atoms with Crippen molar-refractivity contribution in [1.29, 1.82) is 5.53 Å². The Labute approximate surface area is 67.5 Å². The fourth-order valence-corrected chi connectivity index (χ4v) is 0.736. The van der Waals surface area contributed by atoms with Crippen LogP contribution in [0.15, 0.2) is 17.4 Å². The number of hydrogen-bond donors (Lipinski definition) is 1. The third kappa shape index (κ3) is 1.43. The zero-order valence-electron chi connectivity index (χ0n) is 4.81. The standard InChI is InChI=1S/C5H3Cl2N3/c6-4-1-3(10-8)2-9-5(4)7/h1-2,8H. The second-order valence-electron chi connectivity index (χ2n) is 1.58. The number of nitrogens with one attached hydrogen (secondary N) is 1. The highest BCUT2D eigenvalue weighted by atomic mass is 35.5. The Bertz CT molecular complexity index is 261. The van der Waals surface area contributed by atoms with Crippen molar-refractivity contribution in [1.82, 2.24) is 4.98 Å². The molecule has 1 N–H and O–H groups in total. The van der Waals surface area contributed by atoms with Gasteiger partial charge in [-0.1, -0.05) is 23.2 Å². The molecule has 0 aliphatic rings. The van der Waals surface area contributed by atoms with Crippen LogP contribution >= 0.6 is 23.2 Å². The first kappa shape index (κ1) is 7.44. The lowest BCUT2D eigenvalue weighted by molar-refractivity contribution is 1.13. The highest BCUT2D eigenvalue weighted by molar-refractivity contribution is 6.41. The lowest BCUT2D eigenvalue weighted by atomic mass is 10.4. The summed E-state index contributed by atoms with van der Waals surface area (Å²) in [5.41, 5.74) is 6.99. The maximum Gasteiger partial charge on any atom is 0.147 e. The summed E-state index contributed by atoms with van der Waals surface area (Å²) >= 11 is 11.0. The lowest BCUT2D eigenvalue weighted by Crippen LogP contribution is -1.73. The van der Waals surface area contributed by atoms with Gasteiger partial charge in [0.15, 0.2) is 0 Å². The van der Waals surface area contributed by atoms with E-state index in [0.717, 1.165) is 0 Å². The first-order valence-corrected chi connectivity index (χ1v) is 3.18. The van der Waals surface area contributed by atoms with Crippen molar-refractivity contribution in [2.24, 2.45) is 5.11 Å². The van der Waals surface area contributed by atoms with Gasteiger partial charge in [-0.15, -0.1) is 0 Å². The van der Waals surface area contributed by atoms with Crippen LogP contribution < -0.4 is 0 Å². The topological polar surface area (TPSA) is 49.1 Å². The first-order chi connectivity index (χ1) is 4.74. The van der Waals surface area contributed by atoms with Crippen molar-refractivity contribution in [3.63, 3.8) is 0 Å². The summed E-state index contributed by atoms with van der Waals surface area (Å²) in [4.78, 5) is 3.67. The molecule has 0 saturated heterocycles. The van der Waals surface area contributed by atoms with Gasteiger partial charge in [0.2, 0.25) is 0 Å². The Morgan fingerprint density at radius 3 is 2.70 bits per heavy atom. The third-order valence-corrected chi connectivity index (χ3v) is 1.60. The average molecular weight is 176 g/mol. The molecule has 1 aromatic rings. The van der Waals surface area contributed by atoms with Crippen LogP contribution in [-0.2, 0) is 0 Å². The summed E-state index contributed by atoms with van der Waals surface area (Å²) < 4.78 is 0. The molecule has 0 spiro atoms. The molecule has 1 rings (SSSR count). The van der Waals surface area contributed by atoms with Gasteiger partial charge in [0.1, 0.15) is 10.8 Å². The van der Waals surface area contributed by atoms with Crippen LogP contribution in [0.25, 0.3) is 0 Å². The van der Waals surface area contributed by atoms with Crippen LogP contribution in [0.1, 0.15) is 0 Å².